The van der Waals surface area contributed by atoms with E-state index < -0.39 is 0 Å². The van der Waals surface area contributed by atoms with Crippen molar-refractivity contribution in [2.24, 2.45) is 5.92 Å². The van der Waals surface area contributed by atoms with Crippen LogP contribution in [-0.4, -0.2) is 52.8 Å². The van der Waals surface area contributed by atoms with E-state index in [0.29, 0.717) is 25.6 Å². The van der Waals surface area contributed by atoms with Crippen molar-refractivity contribution in [1.82, 2.24) is 20.1 Å². The molecule has 0 aliphatic rings. The number of nitrogens with zero attached hydrogens (tertiary/aromatic N) is 3. The highest BCUT2D eigenvalue weighted by Crippen LogP contribution is 2.04. The Morgan fingerprint density at radius 3 is 2.72 bits per heavy atom. The summed E-state index contributed by atoms with van der Waals surface area (Å²) >= 11 is 0. The van der Waals surface area contributed by atoms with E-state index in [1.54, 1.807) is 12.0 Å². The van der Waals surface area contributed by atoms with E-state index in [1.807, 2.05) is 6.92 Å². The molecule has 1 rings (SSSR count). The Kier molecular flexibility index (Phi) is 5.77. The lowest BCUT2D eigenvalue weighted by Gasteiger charge is -2.22. The third kappa shape index (κ3) is 4.10. The van der Waals surface area contributed by atoms with Crippen molar-refractivity contribution in [2.75, 3.05) is 26.8 Å². The molecule has 0 saturated carbocycles. The minimum absolute atomic E-state index is 0.142. The van der Waals surface area contributed by atoms with Gasteiger partial charge in [-0.25, -0.2) is 4.98 Å². The summed E-state index contributed by atoms with van der Waals surface area (Å²) in [5, 5.41) is 6.72. The molecule has 1 aromatic rings. The molecule has 102 valence electrons. The summed E-state index contributed by atoms with van der Waals surface area (Å²) in [5.41, 5.74) is 0. The minimum Gasteiger partial charge on any atom is -0.383 e. The Morgan fingerprint density at radius 2 is 2.22 bits per heavy atom. The van der Waals surface area contributed by atoms with Gasteiger partial charge in [0, 0.05) is 26.6 Å². The van der Waals surface area contributed by atoms with Gasteiger partial charge in [-0.05, 0) is 5.92 Å². The monoisotopic (exact) mass is 254 g/mol. The van der Waals surface area contributed by atoms with E-state index in [-0.39, 0.29) is 11.7 Å². The quantitative estimate of drug-likeness (QED) is 0.791. The van der Waals surface area contributed by atoms with Crippen LogP contribution in [0.2, 0.25) is 0 Å². The van der Waals surface area contributed by atoms with Gasteiger partial charge in [-0.1, -0.05) is 20.8 Å². The Bertz CT molecular complexity index is 376. The summed E-state index contributed by atoms with van der Waals surface area (Å²) in [5.74, 6) is 1.23. The fraction of sp³-hybridized carbons (Fsp3) is 0.750. The predicted molar refractivity (Wildman–Crippen MR) is 68.4 cm³/mol. The number of amides is 1. The summed E-state index contributed by atoms with van der Waals surface area (Å²) in [7, 11) is 1.63. The van der Waals surface area contributed by atoms with Crippen LogP contribution in [0.3, 0.4) is 0 Å². The average molecular weight is 254 g/mol. The molecule has 0 spiro atoms. The van der Waals surface area contributed by atoms with Crippen LogP contribution in [0.15, 0.2) is 0 Å². The maximum atomic E-state index is 12.2. The number of methoxy groups -OCH3 is 1. The van der Waals surface area contributed by atoms with Gasteiger partial charge >= 0.3 is 0 Å². The Hall–Kier alpha value is -1.43. The molecule has 18 heavy (non-hydrogen) atoms. The molecule has 0 aliphatic heterocycles. The number of H-pyrrole nitrogens is 1. The van der Waals surface area contributed by atoms with Gasteiger partial charge in [-0.2, -0.15) is 0 Å². The van der Waals surface area contributed by atoms with Crippen molar-refractivity contribution >= 4 is 5.91 Å². The van der Waals surface area contributed by atoms with Crippen molar-refractivity contribution < 1.29 is 9.53 Å². The van der Waals surface area contributed by atoms with Gasteiger partial charge in [0.25, 0.3) is 5.91 Å². The van der Waals surface area contributed by atoms with Crippen LogP contribution in [0.5, 0.6) is 0 Å². The minimum atomic E-state index is -0.142. The Balaban J connectivity index is 2.73. The molecule has 0 saturated heterocycles. The lowest BCUT2D eigenvalue weighted by atomic mass is 10.2. The molecule has 1 heterocycles. The number of rotatable bonds is 7. The summed E-state index contributed by atoms with van der Waals surface area (Å²) < 4.78 is 5.02. The molecule has 0 aromatic carbocycles. The number of aryl methyl sites for hydroxylation is 1. The summed E-state index contributed by atoms with van der Waals surface area (Å²) in [6.45, 7) is 7.86. The number of aromatic nitrogens is 3. The van der Waals surface area contributed by atoms with E-state index in [4.69, 9.17) is 4.74 Å². The second-order valence-corrected chi connectivity index (χ2v) is 4.60. The lowest BCUT2D eigenvalue weighted by Crippen LogP contribution is -2.37. The second-order valence-electron chi connectivity index (χ2n) is 4.60. The van der Waals surface area contributed by atoms with Crippen LogP contribution in [0.25, 0.3) is 0 Å². The molecular formula is C12H22N4O2. The van der Waals surface area contributed by atoms with Crippen LogP contribution in [-0.2, 0) is 11.2 Å². The molecule has 1 N–H and O–H groups in total. The van der Waals surface area contributed by atoms with Gasteiger partial charge in [-0.15, -0.1) is 5.10 Å². The molecule has 0 atom stereocenters. The molecule has 1 amide bonds. The van der Waals surface area contributed by atoms with Gasteiger partial charge in [-0.3, -0.25) is 9.89 Å². The molecule has 0 unspecified atom stereocenters. The Labute approximate surface area is 108 Å². The van der Waals surface area contributed by atoms with Gasteiger partial charge in [0.15, 0.2) is 0 Å². The predicted octanol–water partition coefficient (Wildman–Crippen LogP) is 1.11. The standard InChI is InChI=1S/C12H22N4O2/c1-5-10-13-11(15-14-10)12(17)16(6-7-18-4)8-9(2)3/h9H,5-8H2,1-4H3,(H,13,14,15). The van der Waals surface area contributed by atoms with E-state index in [9.17, 15) is 4.79 Å². The van der Waals surface area contributed by atoms with Gasteiger partial charge in [0.05, 0.1) is 6.61 Å². The van der Waals surface area contributed by atoms with E-state index in [2.05, 4.69) is 29.0 Å². The number of aromatic amines is 1. The molecule has 0 bridgehead atoms. The number of carbonyl (C=O) groups excluding carboxylic acids is 1. The van der Waals surface area contributed by atoms with Crippen molar-refractivity contribution in [3.63, 3.8) is 0 Å². The first-order valence-electron chi connectivity index (χ1n) is 6.28. The molecule has 1 aromatic heterocycles. The van der Waals surface area contributed by atoms with E-state index >= 15 is 0 Å². The number of carbonyl (C=O) groups is 1. The van der Waals surface area contributed by atoms with Crippen molar-refractivity contribution in [3.8, 4) is 0 Å². The first-order valence-corrected chi connectivity index (χ1v) is 6.28. The first kappa shape index (κ1) is 14.6. The average Bonchev–Trinajstić information content (AvgIpc) is 2.81. The lowest BCUT2D eigenvalue weighted by molar-refractivity contribution is 0.0660. The smallest absolute Gasteiger partial charge is 0.293 e. The normalized spacial score (nSPS) is 10.9. The van der Waals surface area contributed by atoms with Crippen LogP contribution >= 0.6 is 0 Å². The Morgan fingerprint density at radius 1 is 1.50 bits per heavy atom. The molecule has 0 radical (unpaired) electrons. The van der Waals surface area contributed by atoms with Crippen molar-refractivity contribution in [1.29, 1.82) is 0 Å². The van der Waals surface area contributed by atoms with Crippen LogP contribution in [0, 0.1) is 5.92 Å². The molecule has 6 nitrogen and oxygen atoms in total. The third-order valence-electron chi connectivity index (χ3n) is 2.50. The summed E-state index contributed by atoms with van der Waals surface area (Å²) in [4.78, 5) is 18.1. The highest BCUT2D eigenvalue weighted by atomic mass is 16.5. The number of nitrogens with one attached hydrogen (secondary N) is 1. The highest BCUT2D eigenvalue weighted by Gasteiger charge is 2.20. The molecule has 0 aliphatic carbocycles. The molecular weight excluding hydrogens is 232 g/mol. The summed E-state index contributed by atoms with van der Waals surface area (Å²) in [6.07, 6.45) is 0.739. The van der Waals surface area contributed by atoms with Crippen LogP contribution in [0.1, 0.15) is 37.2 Å². The SMILES string of the molecule is CCc1nc(C(=O)N(CCOC)CC(C)C)n[nH]1. The number of hydrogen-bond acceptors (Lipinski definition) is 4. The molecule has 6 heteroatoms. The van der Waals surface area contributed by atoms with E-state index in [0.717, 1.165) is 12.2 Å². The summed E-state index contributed by atoms with van der Waals surface area (Å²) in [6, 6.07) is 0. The van der Waals surface area contributed by atoms with Crippen molar-refractivity contribution in [3.05, 3.63) is 11.6 Å². The van der Waals surface area contributed by atoms with Gasteiger partial charge < -0.3 is 9.64 Å². The maximum absolute atomic E-state index is 12.2. The highest BCUT2D eigenvalue weighted by molar-refractivity contribution is 5.90. The van der Waals surface area contributed by atoms with Crippen molar-refractivity contribution in [2.45, 2.75) is 27.2 Å². The first-order chi connectivity index (χ1) is 8.58. The van der Waals surface area contributed by atoms with Gasteiger partial charge in [0.1, 0.15) is 5.82 Å². The van der Waals surface area contributed by atoms with Crippen LogP contribution < -0.4 is 0 Å². The topological polar surface area (TPSA) is 71.1 Å². The zero-order valence-corrected chi connectivity index (χ0v) is 11.6. The largest absolute Gasteiger partial charge is 0.383 e. The number of ether oxygens (including phenoxy) is 1. The van der Waals surface area contributed by atoms with E-state index in [1.165, 1.54) is 0 Å². The third-order valence-corrected chi connectivity index (χ3v) is 2.50. The molecule has 0 fully saturated rings. The van der Waals surface area contributed by atoms with Gasteiger partial charge in [0.2, 0.25) is 5.82 Å². The fourth-order valence-electron chi connectivity index (χ4n) is 1.61. The zero-order chi connectivity index (χ0) is 13.5. The maximum Gasteiger partial charge on any atom is 0.293 e. The fourth-order valence-corrected chi connectivity index (χ4v) is 1.61. The zero-order valence-electron chi connectivity index (χ0n) is 11.6. The second kappa shape index (κ2) is 7.10. The van der Waals surface area contributed by atoms with Crippen LogP contribution in [0.4, 0.5) is 0 Å². The number of hydrogen-bond donors (Lipinski definition) is 1.